The SMILES string of the molecule is CC(C)C(NC(=O)c1ccccc1)C(=O)NCCNc1ccccc1[N+](=O)[O-]. The van der Waals surface area contributed by atoms with E-state index in [1.807, 2.05) is 19.9 Å². The summed E-state index contributed by atoms with van der Waals surface area (Å²) in [5.41, 5.74) is 0.850. The van der Waals surface area contributed by atoms with Crippen molar-refractivity contribution in [2.24, 2.45) is 5.92 Å². The number of nitrogens with one attached hydrogen (secondary N) is 3. The first-order valence-corrected chi connectivity index (χ1v) is 9.01. The van der Waals surface area contributed by atoms with Crippen molar-refractivity contribution in [3.05, 3.63) is 70.3 Å². The van der Waals surface area contributed by atoms with Crippen LogP contribution in [0, 0.1) is 16.0 Å². The molecule has 0 aliphatic rings. The lowest BCUT2D eigenvalue weighted by atomic mass is 10.0. The number of hydrogen-bond acceptors (Lipinski definition) is 5. The Morgan fingerprint density at radius 1 is 1.00 bits per heavy atom. The van der Waals surface area contributed by atoms with Crippen molar-refractivity contribution in [2.75, 3.05) is 18.4 Å². The first-order chi connectivity index (χ1) is 13.4. The van der Waals surface area contributed by atoms with Gasteiger partial charge in [0.15, 0.2) is 0 Å². The molecule has 2 rings (SSSR count). The van der Waals surface area contributed by atoms with Gasteiger partial charge in [0, 0.05) is 24.7 Å². The van der Waals surface area contributed by atoms with Crippen LogP contribution in [0.3, 0.4) is 0 Å². The number of anilines is 1. The van der Waals surface area contributed by atoms with Gasteiger partial charge in [0.2, 0.25) is 5.91 Å². The Balaban J connectivity index is 1.87. The van der Waals surface area contributed by atoms with Gasteiger partial charge in [0.25, 0.3) is 11.6 Å². The molecule has 0 aliphatic heterocycles. The number of nitro benzene ring substituents is 1. The van der Waals surface area contributed by atoms with Crippen molar-refractivity contribution in [2.45, 2.75) is 19.9 Å². The highest BCUT2D eigenvalue weighted by molar-refractivity contribution is 5.97. The zero-order chi connectivity index (χ0) is 20.5. The molecule has 2 aromatic rings. The fourth-order valence-corrected chi connectivity index (χ4v) is 2.62. The second-order valence-electron chi connectivity index (χ2n) is 6.55. The zero-order valence-electron chi connectivity index (χ0n) is 15.8. The van der Waals surface area contributed by atoms with Gasteiger partial charge in [-0.2, -0.15) is 0 Å². The Hall–Kier alpha value is -3.42. The highest BCUT2D eigenvalue weighted by Crippen LogP contribution is 2.22. The van der Waals surface area contributed by atoms with E-state index in [2.05, 4.69) is 16.0 Å². The molecule has 0 fully saturated rings. The molecule has 1 atom stereocenters. The van der Waals surface area contributed by atoms with Crippen molar-refractivity contribution in [1.29, 1.82) is 0 Å². The lowest BCUT2D eigenvalue weighted by Crippen LogP contribution is -2.50. The summed E-state index contributed by atoms with van der Waals surface area (Å²) >= 11 is 0. The van der Waals surface area contributed by atoms with E-state index in [4.69, 9.17) is 0 Å². The Morgan fingerprint density at radius 2 is 1.64 bits per heavy atom. The van der Waals surface area contributed by atoms with Crippen LogP contribution in [0.2, 0.25) is 0 Å². The average molecular weight is 384 g/mol. The summed E-state index contributed by atoms with van der Waals surface area (Å²) < 4.78 is 0. The van der Waals surface area contributed by atoms with Crippen LogP contribution in [-0.2, 0) is 4.79 Å². The standard InChI is InChI=1S/C20H24N4O4/c1-14(2)18(23-19(25)15-8-4-3-5-9-15)20(26)22-13-12-21-16-10-6-7-11-17(16)24(27)28/h3-11,14,18,21H,12-13H2,1-2H3,(H,22,26)(H,23,25). The van der Waals surface area contributed by atoms with E-state index >= 15 is 0 Å². The molecule has 0 spiro atoms. The third-order valence-electron chi connectivity index (χ3n) is 4.11. The molecule has 28 heavy (non-hydrogen) atoms. The zero-order valence-corrected chi connectivity index (χ0v) is 15.8. The molecule has 8 heteroatoms. The maximum absolute atomic E-state index is 12.5. The van der Waals surface area contributed by atoms with E-state index in [0.29, 0.717) is 17.8 Å². The van der Waals surface area contributed by atoms with E-state index < -0.39 is 11.0 Å². The summed E-state index contributed by atoms with van der Waals surface area (Å²) in [5.74, 6) is -0.716. The number of amides is 2. The highest BCUT2D eigenvalue weighted by Gasteiger charge is 2.24. The number of benzene rings is 2. The van der Waals surface area contributed by atoms with Crippen LogP contribution in [0.4, 0.5) is 11.4 Å². The lowest BCUT2D eigenvalue weighted by molar-refractivity contribution is -0.384. The van der Waals surface area contributed by atoms with Gasteiger partial charge in [-0.1, -0.05) is 44.2 Å². The van der Waals surface area contributed by atoms with Gasteiger partial charge in [0.05, 0.1) is 4.92 Å². The van der Waals surface area contributed by atoms with Crippen molar-refractivity contribution in [3.8, 4) is 0 Å². The number of nitrogens with zero attached hydrogens (tertiary/aromatic N) is 1. The molecule has 1 unspecified atom stereocenters. The van der Waals surface area contributed by atoms with Gasteiger partial charge in [-0.3, -0.25) is 19.7 Å². The predicted octanol–water partition coefficient (Wildman–Crippen LogP) is 2.58. The van der Waals surface area contributed by atoms with Gasteiger partial charge in [-0.05, 0) is 24.1 Å². The number of carbonyl (C=O) groups is 2. The number of hydrogen-bond donors (Lipinski definition) is 3. The maximum Gasteiger partial charge on any atom is 0.292 e. The topological polar surface area (TPSA) is 113 Å². The van der Waals surface area contributed by atoms with Crippen molar-refractivity contribution in [1.82, 2.24) is 10.6 Å². The van der Waals surface area contributed by atoms with Gasteiger partial charge < -0.3 is 16.0 Å². The summed E-state index contributed by atoms with van der Waals surface area (Å²) in [5, 5.41) is 19.5. The van der Waals surface area contributed by atoms with Crippen LogP contribution in [0.15, 0.2) is 54.6 Å². The Morgan fingerprint density at radius 3 is 2.29 bits per heavy atom. The smallest absolute Gasteiger partial charge is 0.292 e. The summed E-state index contributed by atoms with van der Waals surface area (Å²) in [7, 11) is 0. The fourth-order valence-electron chi connectivity index (χ4n) is 2.62. The molecule has 148 valence electrons. The number of para-hydroxylation sites is 2. The number of rotatable bonds is 9. The largest absolute Gasteiger partial charge is 0.378 e. The summed E-state index contributed by atoms with van der Waals surface area (Å²) in [6, 6.07) is 14.3. The second-order valence-corrected chi connectivity index (χ2v) is 6.55. The molecule has 2 amide bonds. The molecule has 0 saturated heterocycles. The van der Waals surface area contributed by atoms with Gasteiger partial charge in [0.1, 0.15) is 11.7 Å². The molecule has 0 heterocycles. The third kappa shape index (κ3) is 5.80. The van der Waals surface area contributed by atoms with Crippen LogP contribution in [-0.4, -0.2) is 35.9 Å². The second kappa shape index (κ2) is 10.1. The molecule has 0 bridgehead atoms. The molecular weight excluding hydrogens is 360 g/mol. The van der Waals surface area contributed by atoms with Crippen LogP contribution >= 0.6 is 0 Å². The van der Waals surface area contributed by atoms with Gasteiger partial charge >= 0.3 is 0 Å². The summed E-state index contributed by atoms with van der Waals surface area (Å²) in [6.45, 7) is 4.27. The monoisotopic (exact) mass is 384 g/mol. The maximum atomic E-state index is 12.5. The molecule has 3 N–H and O–H groups in total. The van der Waals surface area contributed by atoms with Crippen LogP contribution in [0.5, 0.6) is 0 Å². The van der Waals surface area contributed by atoms with Crippen molar-refractivity contribution >= 4 is 23.2 Å². The fraction of sp³-hybridized carbons (Fsp3) is 0.300. The Labute approximate surface area is 163 Å². The molecule has 0 aromatic heterocycles. The predicted molar refractivity (Wildman–Crippen MR) is 107 cm³/mol. The third-order valence-corrected chi connectivity index (χ3v) is 4.11. The first-order valence-electron chi connectivity index (χ1n) is 9.01. The quantitative estimate of drug-likeness (QED) is 0.349. The van der Waals surface area contributed by atoms with Crippen LogP contribution < -0.4 is 16.0 Å². The summed E-state index contributed by atoms with van der Waals surface area (Å²) in [4.78, 5) is 35.3. The summed E-state index contributed by atoms with van der Waals surface area (Å²) in [6.07, 6.45) is 0. The van der Waals surface area contributed by atoms with Crippen molar-refractivity contribution in [3.63, 3.8) is 0 Å². The number of nitro groups is 1. The van der Waals surface area contributed by atoms with Crippen molar-refractivity contribution < 1.29 is 14.5 Å². The Kier molecular flexibility index (Phi) is 7.50. The highest BCUT2D eigenvalue weighted by atomic mass is 16.6. The molecular formula is C20H24N4O4. The van der Waals surface area contributed by atoms with E-state index in [1.165, 1.54) is 6.07 Å². The van der Waals surface area contributed by atoms with E-state index in [1.54, 1.807) is 42.5 Å². The minimum atomic E-state index is -0.682. The average Bonchev–Trinajstić information content (AvgIpc) is 2.69. The molecule has 2 aromatic carbocycles. The molecule has 0 radical (unpaired) electrons. The van der Waals surface area contributed by atoms with E-state index in [-0.39, 0.29) is 30.0 Å². The van der Waals surface area contributed by atoms with E-state index in [9.17, 15) is 19.7 Å². The number of carbonyl (C=O) groups excluding carboxylic acids is 2. The van der Waals surface area contributed by atoms with Crippen LogP contribution in [0.1, 0.15) is 24.2 Å². The van der Waals surface area contributed by atoms with E-state index in [0.717, 1.165) is 0 Å². The first kappa shape index (κ1) is 20.9. The lowest BCUT2D eigenvalue weighted by Gasteiger charge is -2.22. The molecule has 0 saturated carbocycles. The van der Waals surface area contributed by atoms with Crippen LogP contribution in [0.25, 0.3) is 0 Å². The van der Waals surface area contributed by atoms with Gasteiger partial charge in [-0.25, -0.2) is 0 Å². The normalized spacial score (nSPS) is 11.5. The molecule has 8 nitrogen and oxygen atoms in total. The molecule has 0 aliphatic carbocycles. The van der Waals surface area contributed by atoms with Gasteiger partial charge in [-0.15, -0.1) is 0 Å². The minimum Gasteiger partial charge on any atom is -0.378 e. The Bertz CT molecular complexity index is 824. The minimum absolute atomic E-state index is 0.0241.